The second-order valence-electron chi connectivity index (χ2n) is 5.88. The van der Waals surface area contributed by atoms with Crippen LogP contribution in [0.4, 0.5) is 0 Å². The standard InChI is InChI=1S/C14H23N/c1-14(2,3)10-4-5-12-6-8-13(11-15)9-7-12/h6,13H,4-5,7-10H2,1-3H3. The number of rotatable bonds is 3. The molecule has 0 heterocycles. The summed E-state index contributed by atoms with van der Waals surface area (Å²) in [5.74, 6) is 0.288. The Morgan fingerprint density at radius 2 is 2.20 bits per heavy atom. The Bertz CT molecular complexity index is 262. The predicted molar refractivity (Wildman–Crippen MR) is 64.3 cm³/mol. The molecule has 1 aliphatic rings. The molecule has 1 atom stereocenters. The number of hydrogen-bond acceptors (Lipinski definition) is 1. The van der Waals surface area contributed by atoms with E-state index in [1.807, 2.05) is 0 Å². The molecule has 0 aromatic carbocycles. The minimum atomic E-state index is 0.288. The molecule has 0 radical (unpaired) electrons. The molecule has 0 aliphatic heterocycles. The summed E-state index contributed by atoms with van der Waals surface area (Å²) in [4.78, 5) is 0. The van der Waals surface area contributed by atoms with Crippen molar-refractivity contribution < 1.29 is 0 Å². The SMILES string of the molecule is CC(C)(C)CCCC1=CCC(C#N)CC1. The van der Waals surface area contributed by atoms with Gasteiger partial charge in [-0.05, 0) is 43.9 Å². The van der Waals surface area contributed by atoms with Crippen LogP contribution in [0.1, 0.15) is 59.3 Å². The van der Waals surface area contributed by atoms with Crippen molar-refractivity contribution in [1.29, 1.82) is 5.26 Å². The molecule has 1 rings (SSSR count). The van der Waals surface area contributed by atoms with Crippen molar-refractivity contribution >= 4 is 0 Å². The van der Waals surface area contributed by atoms with Crippen LogP contribution >= 0.6 is 0 Å². The minimum Gasteiger partial charge on any atom is -0.198 e. The Morgan fingerprint density at radius 3 is 2.67 bits per heavy atom. The summed E-state index contributed by atoms with van der Waals surface area (Å²) in [6.45, 7) is 6.90. The summed E-state index contributed by atoms with van der Waals surface area (Å²) < 4.78 is 0. The lowest BCUT2D eigenvalue weighted by molar-refractivity contribution is 0.363. The van der Waals surface area contributed by atoms with E-state index in [4.69, 9.17) is 5.26 Å². The number of hydrogen-bond donors (Lipinski definition) is 0. The summed E-state index contributed by atoms with van der Waals surface area (Å²) >= 11 is 0. The van der Waals surface area contributed by atoms with Crippen LogP contribution in [0.15, 0.2) is 11.6 Å². The number of nitriles is 1. The third kappa shape index (κ3) is 5.02. The monoisotopic (exact) mass is 205 g/mol. The molecule has 0 saturated carbocycles. The Kier molecular flexibility index (Phi) is 4.39. The molecule has 0 saturated heterocycles. The minimum absolute atomic E-state index is 0.288. The van der Waals surface area contributed by atoms with Crippen molar-refractivity contribution in [3.05, 3.63) is 11.6 Å². The normalized spacial score (nSPS) is 22.0. The highest BCUT2D eigenvalue weighted by Crippen LogP contribution is 2.28. The van der Waals surface area contributed by atoms with Crippen LogP contribution < -0.4 is 0 Å². The summed E-state index contributed by atoms with van der Waals surface area (Å²) in [6, 6.07) is 2.36. The first kappa shape index (κ1) is 12.3. The van der Waals surface area contributed by atoms with Crippen molar-refractivity contribution in [3.8, 4) is 6.07 Å². The summed E-state index contributed by atoms with van der Waals surface area (Å²) in [5.41, 5.74) is 2.05. The van der Waals surface area contributed by atoms with Gasteiger partial charge >= 0.3 is 0 Å². The van der Waals surface area contributed by atoms with Crippen molar-refractivity contribution in [2.45, 2.75) is 59.3 Å². The molecule has 0 amide bonds. The van der Waals surface area contributed by atoms with Crippen molar-refractivity contribution in [3.63, 3.8) is 0 Å². The first-order chi connectivity index (χ1) is 7.01. The molecule has 1 nitrogen and oxygen atoms in total. The lowest BCUT2D eigenvalue weighted by atomic mass is 9.85. The highest BCUT2D eigenvalue weighted by Gasteiger charge is 2.14. The van der Waals surface area contributed by atoms with Crippen LogP contribution in [0, 0.1) is 22.7 Å². The van der Waals surface area contributed by atoms with E-state index < -0.39 is 0 Å². The molecule has 0 N–H and O–H groups in total. The zero-order valence-electron chi connectivity index (χ0n) is 10.3. The van der Waals surface area contributed by atoms with Crippen molar-refractivity contribution in [2.24, 2.45) is 11.3 Å². The maximum Gasteiger partial charge on any atom is 0.0659 e. The van der Waals surface area contributed by atoms with Gasteiger partial charge in [-0.15, -0.1) is 0 Å². The molecule has 1 aliphatic carbocycles. The van der Waals surface area contributed by atoms with Gasteiger partial charge in [0.25, 0.3) is 0 Å². The molecule has 84 valence electrons. The lowest BCUT2D eigenvalue weighted by Gasteiger charge is -2.20. The summed E-state index contributed by atoms with van der Waals surface area (Å²) in [7, 11) is 0. The van der Waals surface area contributed by atoms with E-state index in [1.54, 1.807) is 5.57 Å². The second-order valence-corrected chi connectivity index (χ2v) is 5.88. The maximum absolute atomic E-state index is 8.78. The third-order valence-corrected chi connectivity index (χ3v) is 3.11. The zero-order chi connectivity index (χ0) is 11.3. The van der Waals surface area contributed by atoms with E-state index in [9.17, 15) is 0 Å². The van der Waals surface area contributed by atoms with E-state index in [0.717, 1.165) is 19.3 Å². The summed E-state index contributed by atoms with van der Waals surface area (Å²) in [5, 5.41) is 8.78. The van der Waals surface area contributed by atoms with Crippen LogP contribution in [0.2, 0.25) is 0 Å². The quantitative estimate of drug-likeness (QED) is 0.624. The fourth-order valence-corrected chi connectivity index (χ4v) is 2.08. The second kappa shape index (κ2) is 5.35. The first-order valence-electron chi connectivity index (χ1n) is 6.09. The van der Waals surface area contributed by atoms with Gasteiger partial charge in [0.1, 0.15) is 0 Å². The molecule has 0 aromatic heterocycles. The molecule has 15 heavy (non-hydrogen) atoms. The third-order valence-electron chi connectivity index (χ3n) is 3.11. The van der Waals surface area contributed by atoms with Crippen LogP contribution in [-0.2, 0) is 0 Å². The van der Waals surface area contributed by atoms with Gasteiger partial charge < -0.3 is 0 Å². The highest BCUT2D eigenvalue weighted by molar-refractivity contribution is 5.09. The van der Waals surface area contributed by atoms with E-state index >= 15 is 0 Å². The lowest BCUT2D eigenvalue weighted by Crippen LogP contribution is -2.06. The average Bonchev–Trinajstić information content (AvgIpc) is 2.17. The fourth-order valence-electron chi connectivity index (χ4n) is 2.08. The van der Waals surface area contributed by atoms with Gasteiger partial charge in [-0.3, -0.25) is 0 Å². The van der Waals surface area contributed by atoms with Crippen molar-refractivity contribution in [2.75, 3.05) is 0 Å². The van der Waals surface area contributed by atoms with E-state index in [1.165, 1.54) is 19.3 Å². The van der Waals surface area contributed by atoms with Gasteiger partial charge in [0.15, 0.2) is 0 Å². The number of allylic oxidation sites excluding steroid dienone is 2. The molecule has 1 unspecified atom stereocenters. The van der Waals surface area contributed by atoms with E-state index in [2.05, 4.69) is 32.9 Å². The van der Waals surface area contributed by atoms with Crippen LogP contribution in [-0.4, -0.2) is 0 Å². The molecule has 0 spiro atoms. The largest absolute Gasteiger partial charge is 0.198 e. The Balaban J connectivity index is 2.24. The fraction of sp³-hybridized carbons (Fsp3) is 0.786. The molecule has 0 fully saturated rings. The molecular formula is C14H23N. The molecule has 0 aromatic rings. The molecule has 0 bridgehead atoms. The average molecular weight is 205 g/mol. The number of nitrogens with zero attached hydrogens (tertiary/aromatic N) is 1. The highest BCUT2D eigenvalue weighted by atomic mass is 14.3. The van der Waals surface area contributed by atoms with Crippen LogP contribution in [0.3, 0.4) is 0 Å². The topological polar surface area (TPSA) is 23.8 Å². The van der Waals surface area contributed by atoms with Gasteiger partial charge in [0, 0.05) is 0 Å². The van der Waals surface area contributed by atoms with Gasteiger partial charge in [-0.1, -0.05) is 32.4 Å². The molecule has 1 heteroatoms. The Labute approximate surface area is 94.2 Å². The Morgan fingerprint density at radius 1 is 1.47 bits per heavy atom. The van der Waals surface area contributed by atoms with Crippen molar-refractivity contribution in [1.82, 2.24) is 0 Å². The van der Waals surface area contributed by atoms with Crippen LogP contribution in [0.25, 0.3) is 0 Å². The smallest absolute Gasteiger partial charge is 0.0659 e. The van der Waals surface area contributed by atoms with Gasteiger partial charge in [-0.2, -0.15) is 5.26 Å². The van der Waals surface area contributed by atoms with Gasteiger partial charge in [0.2, 0.25) is 0 Å². The summed E-state index contributed by atoms with van der Waals surface area (Å²) in [6.07, 6.45) is 9.37. The predicted octanol–water partition coefficient (Wildman–Crippen LogP) is 4.45. The maximum atomic E-state index is 8.78. The first-order valence-corrected chi connectivity index (χ1v) is 6.09. The van der Waals surface area contributed by atoms with Gasteiger partial charge in [0.05, 0.1) is 12.0 Å². The Hall–Kier alpha value is -0.770. The molecular weight excluding hydrogens is 182 g/mol. The van der Waals surface area contributed by atoms with Crippen LogP contribution in [0.5, 0.6) is 0 Å². The zero-order valence-corrected chi connectivity index (χ0v) is 10.3. The van der Waals surface area contributed by atoms with E-state index in [-0.39, 0.29) is 5.92 Å². The van der Waals surface area contributed by atoms with Gasteiger partial charge in [-0.25, -0.2) is 0 Å². The van der Waals surface area contributed by atoms with E-state index in [0.29, 0.717) is 5.41 Å².